The van der Waals surface area contributed by atoms with Gasteiger partial charge in [-0.15, -0.1) is 0 Å². The van der Waals surface area contributed by atoms with Crippen molar-refractivity contribution in [3.8, 4) is 0 Å². The number of alkyl halides is 3. The molecule has 0 amide bonds. The Morgan fingerprint density at radius 1 is 1.56 bits per heavy atom. The van der Waals surface area contributed by atoms with E-state index in [1.807, 2.05) is 0 Å². The van der Waals surface area contributed by atoms with E-state index in [1.54, 1.807) is 6.08 Å². The van der Waals surface area contributed by atoms with Gasteiger partial charge in [-0.3, -0.25) is 4.79 Å². The lowest BCUT2D eigenvalue weighted by molar-refractivity contribution is -0.139. The van der Waals surface area contributed by atoms with Crippen LogP contribution in [-0.4, -0.2) is 26.8 Å². The molecule has 18 heavy (non-hydrogen) atoms. The minimum absolute atomic E-state index is 0.200. The van der Waals surface area contributed by atoms with E-state index in [1.165, 1.54) is 17.0 Å². The van der Waals surface area contributed by atoms with Gasteiger partial charge in [-0.05, 0) is 12.5 Å². The van der Waals surface area contributed by atoms with Crippen molar-refractivity contribution in [3.63, 3.8) is 0 Å². The maximum atomic E-state index is 12.1. The molecular formula is C11H11F3N2O2. The Bertz CT molecular complexity index is 574. The van der Waals surface area contributed by atoms with Crippen LogP contribution in [0.5, 0.6) is 0 Å². The number of carboxylic acid groups (broad SMARTS) is 1. The van der Waals surface area contributed by atoms with E-state index < -0.39 is 24.5 Å². The van der Waals surface area contributed by atoms with Crippen molar-refractivity contribution < 1.29 is 23.1 Å². The molecular weight excluding hydrogens is 249 g/mol. The first kappa shape index (κ1) is 12.7. The summed E-state index contributed by atoms with van der Waals surface area (Å²) < 4.78 is 37.8. The number of hydrogen-bond donors (Lipinski definition) is 1. The molecule has 0 spiro atoms. The highest BCUT2D eigenvalue weighted by atomic mass is 19.4. The number of carbonyl (C=O) groups is 1. The molecule has 4 nitrogen and oxygen atoms in total. The van der Waals surface area contributed by atoms with E-state index in [-0.39, 0.29) is 13.0 Å². The van der Waals surface area contributed by atoms with Gasteiger partial charge >= 0.3 is 12.1 Å². The zero-order chi connectivity index (χ0) is 13.3. The van der Waals surface area contributed by atoms with Gasteiger partial charge in [0, 0.05) is 6.54 Å². The molecule has 98 valence electrons. The topological polar surface area (TPSA) is 55.1 Å². The molecule has 7 heteroatoms. The highest BCUT2D eigenvalue weighted by Gasteiger charge is 2.27. The second kappa shape index (κ2) is 4.47. The van der Waals surface area contributed by atoms with Crippen molar-refractivity contribution in [1.29, 1.82) is 0 Å². The highest BCUT2D eigenvalue weighted by molar-refractivity contribution is 5.78. The summed E-state index contributed by atoms with van der Waals surface area (Å²) in [5.41, 5.74) is 0. The summed E-state index contributed by atoms with van der Waals surface area (Å²) in [4.78, 5) is 14.7. The third kappa shape index (κ3) is 2.72. The Hall–Kier alpha value is -1.79. The summed E-state index contributed by atoms with van der Waals surface area (Å²) in [5.74, 6) is -1.61. The predicted octanol–water partition coefficient (Wildman–Crippen LogP) is 0.501. The number of imidazole rings is 1. The number of rotatable bonds is 3. The number of halogens is 3. The van der Waals surface area contributed by atoms with E-state index in [2.05, 4.69) is 4.98 Å². The summed E-state index contributed by atoms with van der Waals surface area (Å²) >= 11 is 0. The number of aryl methyl sites for hydroxylation is 1. The molecule has 1 unspecified atom stereocenters. The van der Waals surface area contributed by atoms with E-state index in [9.17, 15) is 18.0 Å². The molecule has 0 saturated carbocycles. The third-order valence-electron chi connectivity index (χ3n) is 2.79. The monoisotopic (exact) mass is 260 g/mol. The molecule has 2 rings (SSSR count). The van der Waals surface area contributed by atoms with Gasteiger partial charge in [0.05, 0.1) is 29.4 Å². The van der Waals surface area contributed by atoms with Gasteiger partial charge in [0.15, 0.2) is 0 Å². The summed E-state index contributed by atoms with van der Waals surface area (Å²) in [5, 5.41) is 9.85. The fourth-order valence-electron chi connectivity index (χ4n) is 1.85. The van der Waals surface area contributed by atoms with Crippen molar-refractivity contribution in [2.24, 2.45) is 5.92 Å². The number of nitrogens with zero attached hydrogens (tertiary/aromatic N) is 2. The number of aliphatic carboxylic acids is 1. The molecule has 1 aliphatic carbocycles. The normalized spacial score (nSPS) is 18.7. The first-order valence-electron chi connectivity index (χ1n) is 5.39. The van der Waals surface area contributed by atoms with Crippen LogP contribution in [0, 0.1) is 5.92 Å². The highest BCUT2D eigenvalue weighted by Crippen LogP contribution is 2.19. The van der Waals surface area contributed by atoms with Crippen LogP contribution in [0.4, 0.5) is 13.2 Å². The number of carboxylic acids is 1. The summed E-state index contributed by atoms with van der Waals surface area (Å²) in [6.45, 7) is -0.200. The van der Waals surface area contributed by atoms with Gasteiger partial charge in [0.2, 0.25) is 0 Å². The van der Waals surface area contributed by atoms with Gasteiger partial charge in [-0.25, -0.2) is 4.98 Å². The van der Waals surface area contributed by atoms with Crippen LogP contribution in [0.3, 0.4) is 0 Å². The third-order valence-corrected chi connectivity index (χ3v) is 2.79. The standard InChI is InChI=1S/C11H11F3N2O2/c12-11(13,14)3-4-16-6-15-8-5-7(10(17)18)1-2-9(8)16/h2,5-7H,1,3-4H2,(H,17,18). The second-order valence-electron chi connectivity index (χ2n) is 4.12. The fraction of sp³-hybridized carbons (Fsp3) is 0.455. The predicted molar refractivity (Wildman–Crippen MR) is 56.8 cm³/mol. The van der Waals surface area contributed by atoms with Crippen LogP contribution >= 0.6 is 0 Å². The lowest BCUT2D eigenvalue weighted by Gasteiger charge is -2.09. The largest absolute Gasteiger partial charge is 0.481 e. The van der Waals surface area contributed by atoms with E-state index in [0.717, 1.165) is 0 Å². The molecule has 1 atom stereocenters. The van der Waals surface area contributed by atoms with Crippen LogP contribution < -0.4 is 10.7 Å². The maximum absolute atomic E-state index is 12.1. The molecule has 1 N–H and O–H groups in total. The van der Waals surface area contributed by atoms with Gasteiger partial charge in [-0.2, -0.15) is 13.2 Å². The van der Waals surface area contributed by atoms with Crippen molar-refractivity contribution in [2.45, 2.75) is 25.6 Å². The molecule has 1 aliphatic rings. The molecule has 1 heterocycles. The maximum Gasteiger partial charge on any atom is 0.390 e. The van der Waals surface area contributed by atoms with E-state index in [4.69, 9.17) is 5.11 Å². The lowest BCUT2D eigenvalue weighted by Crippen LogP contribution is -2.35. The summed E-state index contributed by atoms with van der Waals surface area (Å²) in [6.07, 6.45) is -0.446. The minimum atomic E-state index is -4.21. The molecule has 0 saturated heterocycles. The number of hydrogen-bond acceptors (Lipinski definition) is 2. The van der Waals surface area contributed by atoms with Gasteiger partial charge in [-0.1, -0.05) is 6.08 Å². The summed E-state index contributed by atoms with van der Waals surface area (Å²) in [7, 11) is 0. The van der Waals surface area contributed by atoms with Crippen molar-refractivity contribution >= 4 is 18.1 Å². The Balaban J connectivity index is 2.24. The van der Waals surface area contributed by atoms with E-state index >= 15 is 0 Å². The zero-order valence-electron chi connectivity index (χ0n) is 9.31. The average molecular weight is 260 g/mol. The van der Waals surface area contributed by atoms with Crippen LogP contribution in [0.1, 0.15) is 12.8 Å². The minimum Gasteiger partial charge on any atom is -0.481 e. The van der Waals surface area contributed by atoms with Crippen molar-refractivity contribution in [1.82, 2.24) is 9.55 Å². The molecule has 0 aromatic carbocycles. The number of fused-ring (bicyclic) bond motifs is 1. The Morgan fingerprint density at radius 2 is 2.28 bits per heavy atom. The first-order valence-corrected chi connectivity index (χ1v) is 5.39. The molecule has 0 aliphatic heterocycles. The fourth-order valence-corrected chi connectivity index (χ4v) is 1.85. The molecule has 1 aromatic heterocycles. The lowest BCUT2D eigenvalue weighted by atomic mass is 10.0. The smallest absolute Gasteiger partial charge is 0.390 e. The van der Waals surface area contributed by atoms with Crippen molar-refractivity contribution in [2.75, 3.05) is 0 Å². The second-order valence-corrected chi connectivity index (χ2v) is 4.12. The van der Waals surface area contributed by atoms with Crippen LogP contribution in [0.15, 0.2) is 6.33 Å². The van der Waals surface area contributed by atoms with Crippen LogP contribution in [0.25, 0.3) is 12.2 Å². The van der Waals surface area contributed by atoms with Crippen molar-refractivity contribution in [3.05, 3.63) is 17.0 Å². The summed E-state index contributed by atoms with van der Waals surface area (Å²) in [6, 6.07) is 0. The zero-order valence-corrected chi connectivity index (χ0v) is 9.31. The molecule has 0 radical (unpaired) electrons. The van der Waals surface area contributed by atoms with Crippen LogP contribution in [-0.2, 0) is 11.3 Å². The van der Waals surface area contributed by atoms with Gasteiger partial charge in [0.25, 0.3) is 0 Å². The average Bonchev–Trinajstić information content (AvgIpc) is 2.67. The number of aromatic nitrogens is 2. The van der Waals surface area contributed by atoms with E-state index in [0.29, 0.717) is 10.7 Å². The first-order chi connectivity index (χ1) is 8.37. The SMILES string of the molecule is O=C(O)C1C=c2ncn(CCC(F)(F)F)c2=CC1. The van der Waals surface area contributed by atoms with Crippen LogP contribution in [0.2, 0.25) is 0 Å². The van der Waals surface area contributed by atoms with Gasteiger partial charge < -0.3 is 9.67 Å². The Kier molecular flexibility index (Phi) is 3.14. The molecule has 1 aromatic rings. The molecule has 0 bridgehead atoms. The molecule has 0 fully saturated rings. The quantitative estimate of drug-likeness (QED) is 0.861. The Morgan fingerprint density at radius 3 is 2.89 bits per heavy atom. The Labute approximate surface area is 100 Å². The van der Waals surface area contributed by atoms with Gasteiger partial charge in [0.1, 0.15) is 0 Å².